The van der Waals surface area contributed by atoms with Gasteiger partial charge in [0.2, 0.25) is 0 Å². The van der Waals surface area contributed by atoms with Crippen LogP contribution >= 0.6 is 0 Å². The van der Waals surface area contributed by atoms with Crippen LogP contribution in [0.2, 0.25) is 0 Å². The van der Waals surface area contributed by atoms with E-state index in [2.05, 4.69) is 29.2 Å². The van der Waals surface area contributed by atoms with Gasteiger partial charge in [0.05, 0.1) is 25.3 Å². The fraction of sp³-hybridized carbons (Fsp3) is 0.538. The van der Waals surface area contributed by atoms with Gasteiger partial charge >= 0.3 is 0 Å². The second kappa shape index (κ2) is 3.47. The number of hydrogen-bond acceptors (Lipinski definition) is 3. The Morgan fingerprint density at radius 3 is 2.19 bits per heavy atom. The first-order chi connectivity index (χ1) is 7.67. The number of fused-ring (bicyclic) bond motifs is 1. The van der Waals surface area contributed by atoms with Crippen LogP contribution in [0.1, 0.15) is 13.8 Å². The molecule has 0 saturated carbocycles. The summed E-state index contributed by atoms with van der Waals surface area (Å²) in [4.78, 5) is 2.37. The molecule has 0 spiro atoms. The Morgan fingerprint density at radius 2 is 1.62 bits per heavy atom. The van der Waals surface area contributed by atoms with Crippen LogP contribution in [0.3, 0.4) is 0 Å². The van der Waals surface area contributed by atoms with E-state index in [1.165, 1.54) is 5.69 Å². The molecule has 0 amide bonds. The van der Waals surface area contributed by atoms with Crippen molar-refractivity contribution in [2.75, 3.05) is 18.1 Å². The molecule has 2 fully saturated rings. The summed E-state index contributed by atoms with van der Waals surface area (Å²) in [5, 5.41) is 0. The minimum atomic E-state index is -0.421. The lowest BCUT2D eigenvalue weighted by molar-refractivity contribution is -0.202. The van der Waals surface area contributed by atoms with Crippen molar-refractivity contribution in [1.29, 1.82) is 0 Å². The Bertz CT molecular complexity index is 361. The highest BCUT2D eigenvalue weighted by Crippen LogP contribution is 2.38. The van der Waals surface area contributed by atoms with Crippen LogP contribution < -0.4 is 4.90 Å². The van der Waals surface area contributed by atoms with E-state index in [-0.39, 0.29) is 0 Å². The van der Waals surface area contributed by atoms with Gasteiger partial charge in [0.1, 0.15) is 0 Å². The van der Waals surface area contributed by atoms with Crippen LogP contribution in [0.15, 0.2) is 30.3 Å². The van der Waals surface area contributed by atoms with Crippen molar-refractivity contribution >= 4 is 5.69 Å². The molecular weight excluding hydrogens is 202 g/mol. The minimum Gasteiger partial charge on any atom is -0.357 e. The maximum Gasteiger partial charge on any atom is 0.162 e. The van der Waals surface area contributed by atoms with E-state index in [9.17, 15) is 0 Å². The van der Waals surface area contributed by atoms with Gasteiger partial charge in [-0.15, -0.1) is 0 Å². The molecule has 1 aromatic carbocycles. The Labute approximate surface area is 96.0 Å². The second-order valence-corrected chi connectivity index (χ2v) is 4.90. The van der Waals surface area contributed by atoms with Gasteiger partial charge < -0.3 is 14.4 Å². The van der Waals surface area contributed by atoms with Crippen LogP contribution in [0.25, 0.3) is 0 Å². The molecular formula is C13H17NO2. The Hall–Kier alpha value is -1.06. The van der Waals surface area contributed by atoms with Crippen LogP contribution in [0.5, 0.6) is 0 Å². The molecule has 2 saturated heterocycles. The number of anilines is 1. The molecule has 86 valence electrons. The first-order valence-electron chi connectivity index (χ1n) is 5.79. The third-order valence-corrected chi connectivity index (χ3v) is 3.33. The lowest BCUT2D eigenvalue weighted by atomic mass is 10.3. The van der Waals surface area contributed by atoms with Crippen molar-refractivity contribution in [3.05, 3.63) is 30.3 Å². The molecule has 2 aliphatic rings. The molecule has 0 radical (unpaired) electrons. The standard InChI is InChI=1S/C13H17NO2/c1-13(2)15-8-11-12(9-16-13)14(11)10-6-4-3-5-7-10/h3-7,11-12H,8-9H2,1-2H3. The number of rotatable bonds is 1. The van der Waals surface area contributed by atoms with Gasteiger partial charge in [-0.2, -0.15) is 0 Å². The second-order valence-electron chi connectivity index (χ2n) is 4.90. The predicted octanol–water partition coefficient (Wildman–Crippen LogP) is 2.03. The van der Waals surface area contributed by atoms with Crippen LogP contribution in [-0.4, -0.2) is 31.1 Å². The van der Waals surface area contributed by atoms with E-state index in [1.807, 2.05) is 19.9 Å². The zero-order chi connectivity index (χ0) is 11.2. The van der Waals surface area contributed by atoms with Crippen LogP contribution in [-0.2, 0) is 9.47 Å². The molecule has 0 bridgehead atoms. The molecule has 0 aromatic heterocycles. The third kappa shape index (κ3) is 1.70. The molecule has 2 heterocycles. The number of hydrogen-bond donors (Lipinski definition) is 0. The smallest absolute Gasteiger partial charge is 0.162 e. The average Bonchev–Trinajstić information content (AvgIpc) is 2.99. The topological polar surface area (TPSA) is 21.5 Å². The molecule has 2 aliphatic heterocycles. The van der Waals surface area contributed by atoms with Crippen molar-refractivity contribution in [1.82, 2.24) is 0 Å². The van der Waals surface area contributed by atoms with Crippen molar-refractivity contribution in [2.45, 2.75) is 31.7 Å². The first-order valence-corrected chi connectivity index (χ1v) is 5.79. The zero-order valence-electron chi connectivity index (χ0n) is 9.72. The Balaban J connectivity index is 1.72. The molecule has 3 rings (SSSR count). The van der Waals surface area contributed by atoms with E-state index < -0.39 is 5.79 Å². The fourth-order valence-electron chi connectivity index (χ4n) is 2.31. The molecule has 0 aliphatic carbocycles. The summed E-state index contributed by atoms with van der Waals surface area (Å²) in [7, 11) is 0. The summed E-state index contributed by atoms with van der Waals surface area (Å²) in [6.07, 6.45) is 0. The van der Waals surface area contributed by atoms with Gasteiger partial charge in [-0.3, -0.25) is 0 Å². The van der Waals surface area contributed by atoms with Gasteiger partial charge in [0.15, 0.2) is 5.79 Å². The van der Waals surface area contributed by atoms with Gasteiger partial charge in [-0.25, -0.2) is 0 Å². The highest BCUT2D eigenvalue weighted by molar-refractivity contribution is 5.56. The minimum absolute atomic E-state index is 0.421. The normalized spacial score (nSPS) is 31.8. The largest absolute Gasteiger partial charge is 0.357 e. The first kappa shape index (κ1) is 10.1. The van der Waals surface area contributed by atoms with E-state index in [4.69, 9.17) is 9.47 Å². The van der Waals surface area contributed by atoms with Crippen LogP contribution in [0.4, 0.5) is 5.69 Å². The SMILES string of the molecule is CC1(C)OCC2C(CO1)N2c1ccccc1. The monoisotopic (exact) mass is 219 g/mol. The summed E-state index contributed by atoms with van der Waals surface area (Å²) in [6, 6.07) is 11.4. The van der Waals surface area contributed by atoms with E-state index in [0.717, 1.165) is 13.2 Å². The van der Waals surface area contributed by atoms with E-state index >= 15 is 0 Å². The quantitative estimate of drug-likeness (QED) is 0.674. The van der Waals surface area contributed by atoms with Crippen molar-refractivity contribution in [2.24, 2.45) is 0 Å². The van der Waals surface area contributed by atoms with Crippen molar-refractivity contribution in [3.63, 3.8) is 0 Å². The molecule has 0 N–H and O–H groups in total. The molecule has 3 nitrogen and oxygen atoms in total. The molecule has 16 heavy (non-hydrogen) atoms. The van der Waals surface area contributed by atoms with Gasteiger partial charge in [0.25, 0.3) is 0 Å². The van der Waals surface area contributed by atoms with Crippen molar-refractivity contribution in [3.8, 4) is 0 Å². The van der Waals surface area contributed by atoms with Crippen molar-refractivity contribution < 1.29 is 9.47 Å². The lowest BCUT2D eigenvalue weighted by Gasteiger charge is -2.24. The number of benzene rings is 1. The number of para-hydroxylation sites is 1. The Morgan fingerprint density at radius 1 is 1.06 bits per heavy atom. The zero-order valence-corrected chi connectivity index (χ0v) is 9.72. The predicted molar refractivity (Wildman–Crippen MR) is 62.5 cm³/mol. The molecule has 1 aromatic rings. The van der Waals surface area contributed by atoms with E-state index in [0.29, 0.717) is 12.1 Å². The number of nitrogens with zero attached hydrogens (tertiary/aromatic N) is 1. The highest BCUT2D eigenvalue weighted by Gasteiger charge is 2.51. The fourth-order valence-corrected chi connectivity index (χ4v) is 2.31. The summed E-state index contributed by atoms with van der Waals surface area (Å²) < 4.78 is 11.5. The summed E-state index contributed by atoms with van der Waals surface area (Å²) in [5.74, 6) is -0.421. The lowest BCUT2D eigenvalue weighted by Crippen LogP contribution is -2.30. The van der Waals surface area contributed by atoms with Gasteiger partial charge in [-0.1, -0.05) is 18.2 Å². The van der Waals surface area contributed by atoms with E-state index in [1.54, 1.807) is 0 Å². The van der Waals surface area contributed by atoms with Gasteiger partial charge in [-0.05, 0) is 26.0 Å². The third-order valence-electron chi connectivity index (χ3n) is 3.33. The average molecular weight is 219 g/mol. The summed E-state index contributed by atoms with van der Waals surface area (Å²) in [6.45, 7) is 5.47. The molecule has 2 unspecified atom stereocenters. The van der Waals surface area contributed by atoms with Gasteiger partial charge in [0, 0.05) is 5.69 Å². The van der Waals surface area contributed by atoms with Crippen LogP contribution in [0, 0.1) is 0 Å². The molecule has 2 atom stereocenters. The number of ether oxygens (including phenoxy) is 2. The molecule has 3 heteroatoms. The highest BCUT2D eigenvalue weighted by atomic mass is 16.7. The maximum atomic E-state index is 5.73. The Kier molecular flexibility index (Phi) is 2.19. The summed E-state index contributed by atoms with van der Waals surface area (Å²) >= 11 is 0. The summed E-state index contributed by atoms with van der Waals surface area (Å²) in [5.41, 5.74) is 1.27. The maximum absolute atomic E-state index is 5.73.